The van der Waals surface area contributed by atoms with Crippen molar-refractivity contribution in [3.63, 3.8) is 0 Å². The van der Waals surface area contributed by atoms with Gasteiger partial charge in [0, 0.05) is 16.5 Å². The first-order valence-electron chi connectivity index (χ1n) is 19.9. The quantitative estimate of drug-likeness (QED) is 0.122. The van der Waals surface area contributed by atoms with Crippen LogP contribution in [0.15, 0.2) is 188 Å². The van der Waals surface area contributed by atoms with E-state index in [9.17, 15) is 10.2 Å². The summed E-state index contributed by atoms with van der Waals surface area (Å²) < 4.78 is 12.4. The molecule has 284 valence electrons. The molecule has 0 aromatic heterocycles. The van der Waals surface area contributed by atoms with E-state index in [1.807, 2.05) is 12.1 Å². The van der Waals surface area contributed by atoms with Gasteiger partial charge in [0.2, 0.25) is 0 Å². The van der Waals surface area contributed by atoms with E-state index in [0.717, 1.165) is 60.8 Å². The summed E-state index contributed by atoms with van der Waals surface area (Å²) in [6.07, 6.45) is 0. The zero-order valence-electron chi connectivity index (χ0n) is 32.4. The first-order chi connectivity index (χ1) is 28.5. The van der Waals surface area contributed by atoms with Crippen molar-refractivity contribution in [1.82, 2.24) is 0 Å². The fraction of sp³-hybridized carbons (Fsp3) is 0.111. The maximum Gasteiger partial charge on any atom is 0.127 e. The Balaban J connectivity index is 1.27. The molecule has 0 aliphatic rings. The molecule has 9 rings (SSSR count). The molecule has 0 radical (unpaired) electrons. The lowest BCUT2D eigenvalue weighted by molar-refractivity contribution is 0.202. The molecule has 2 N–H and O–H groups in total. The predicted molar refractivity (Wildman–Crippen MR) is 239 cm³/mol. The fourth-order valence-electron chi connectivity index (χ4n) is 8.29. The van der Waals surface area contributed by atoms with Gasteiger partial charge in [0.1, 0.15) is 24.7 Å². The van der Waals surface area contributed by atoms with Crippen molar-refractivity contribution in [2.75, 3.05) is 26.4 Å². The third-order valence-corrected chi connectivity index (χ3v) is 11.5. The molecular formula is C54H44O4. The molecule has 0 heterocycles. The van der Waals surface area contributed by atoms with Crippen LogP contribution < -0.4 is 9.47 Å². The van der Waals surface area contributed by atoms with Gasteiger partial charge in [-0.2, -0.15) is 0 Å². The molecule has 9 aromatic carbocycles. The van der Waals surface area contributed by atoms with Crippen molar-refractivity contribution in [1.29, 1.82) is 0 Å². The highest BCUT2D eigenvalue weighted by atomic mass is 16.5. The van der Waals surface area contributed by atoms with Gasteiger partial charge in [0.15, 0.2) is 0 Å². The van der Waals surface area contributed by atoms with Gasteiger partial charge >= 0.3 is 0 Å². The molecule has 4 nitrogen and oxygen atoms in total. The van der Waals surface area contributed by atoms with Crippen molar-refractivity contribution in [2.24, 2.45) is 0 Å². The average Bonchev–Trinajstić information content (AvgIpc) is 3.29. The Morgan fingerprint density at radius 3 is 1.22 bits per heavy atom. The van der Waals surface area contributed by atoms with Crippen LogP contribution in [0.1, 0.15) is 23.6 Å². The van der Waals surface area contributed by atoms with E-state index in [1.54, 1.807) is 0 Å². The Morgan fingerprint density at radius 1 is 0.362 bits per heavy atom. The number of hydrogen-bond donors (Lipinski definition) is 2. The third-order valence-electron chi connectivity index (χ3n) is 11.5. The van der Waals surface area contributed by atoms with Gasteiger partial charge in [-0.25, -0.2) is 0 Å². The van der Waals surface area contributed by atoms with Crippen LogP contribution in [0.4, 0.5) is 0 Å². The number of benzene rings is 9. The number of hydrogen-bond acceptors (Lipinski definition) is 4. The van der Waals surface area contributed by atoms with E-state index in [1.165, 1.54) is 21.5 Å². The van der Waals surface area contributed by atoms with Gasteiger partial charge in [-0.3, -0.25) is 0 Å². The highest BCUT2D eigenvalue weighted by Gasteiger charge is 2.33. The summed E-state index contributed by atoms with van der Waals surface area (Å²) in [6.45, 7) is 2.51. The molecule has 0 aliphatic carbocycles. The highest BCUT2D eigenvalue weighted by Crippen LogP contribution is 2.46. The van der Waals surface area contributed by atoms with Crippen LogP contribution >= 0.6 is 0 Å². The van der Waals surface area contributed by atoms with E-state index in [2.05, 4.69) is 183 Å². The maximum atomic E-state index is 9.80. The van der Waals surface area contributed by atoms with E-state index in [-0.39, 0.29) is 26.4 Å². The Labute approximate surface area is 339 Å². The van der Waals surface area contributed by atoms with Crippen molar-refractivity contribution in [3.05, 3.63) is 205 Å². The first-order valence-corrected chi connectivity index (χ1v) is 19.9. The molecule has 0 atom stereocenters. The van der Waals surface area contributed by atoms with Gasteiger partial charge in [0.25, 0.3) is 0 Å². The second-order valence-corrected chi connectivity index (χ2v) is 15.0. The van der Waals surface area contributed by atoms with Crippen molar-refractivity contribution in [2.45, 2.75) is 12.3 Å². The summed E-state index contributed by atoms with van der Waals surface area (Å²) in [4.78, 5) is 0. The number of aliphatic hydroxyl groups excluding tert-OH is 2. The molecule has 0 saturated heterocycles. The van der Waals surface area contributed by atoms with Crippen LogP contribution in [0.5, 0.6) is 11.5 Å². The molecule has 0 spiro atoms. The zero-order valence-corrected chi connectivity index (χ0v) is 32.4. The summed E-state index contributed by atoms with van der Waals surface area (Å²) in [5.41, 5.74) is 8.86. The molecule has 0 fully saturated rings. The lowest BCUT2D eigenvalue weighted by Crippen LogP contribution is -2.26. The Bertz CT molecular complexity index is 2780. The van der Waals surface area contributed by atoms with Crippen LogP contribution in [0.25, 0.3) is 65.7 Å². The Hall–Kier alpha value is -6.72. The van der Waals surface area contributed by atoms with Crippen molar-refractivity contribution >= 4 is 32.3 Å². The summed E-state index contributed by atoms with van der Waals surface area (Å²) in [5, 5.41) is 26.6. The topological polar surface area (TPSA) is 58.9 Å². The SMILES string of the molecule is CC(c1cccc(-c2ccc3ccccc3c2)c1)(c1ccc(OCCO)c(-c2ccc3ccccc3c2)c1)c1ccc(OCCO)c(-c2ccc3ccccc3c2)c1. The van der Waals surface area contributed by atoms with E-state index in [0.29, 0.717) is 11.5 Å². The lowest BCUT2D eigenvalue weighted by Gasteiger charge is -2.34. The van der Waals surface area contributed by atoms with E-state index >= 15 is 0 Å². The minimum Gasteiger partial charge on any atom is -0.491 e. The van der Waals surface area contributed by atoms with E-state index in [4.69, 9.17) is 9.47 Å². The van der Waals surface area contributed by atoms with Gasteiger partial charge in [0.05, 0.1) is 13.2 Å². The third kappa shape index (κ3) is 7.09. The molecule has 4 heteroatoms. The van der Waals surface area contributed by atoms with Crippen LogP contribution in [0, 0.1) is 0 Å². The second-order valence-electron chi connectivity index (χ2n) is 15.0. The van der Waals surface area contributed by atoms with Gasteiger partial charge in [-0.1, -0.05) is 140 Å². The molecule has 58 heavy (non-hydrogen) atoms. The molecule has 0 aliphatic heterocycles. The fourth-order valence-corrected chi connectivity index (χ4v) is 8.29. The summed E-state index contributed by atoms with van der Waals surface area (Å²) in [5.74, 6) is 1.43. The first kappa shape index (κ1) is 36.9. The van der Waals surface area contributed by atoms with Crippen molar-refractivity contribution < 1.29 is 19.7 Å². The Morgan fingerprint density at radius 2 is 0.759 bits per heavy atom. The van der Waals surface area contributed by atoms with Gasteiger partial charge in [-0.05, 0) is 127 Å². The molecular weight excluding hydrogens is 713 g/mol. The van der Waals surface area contributed by atoms with Crippen molar-refractivity contribution in [3.8, 4) is 44.9 Å². The molecule has 0 saturated carbocycles. The van der Waals surface area contributed by atoms with Gasteiger partial charge in [-0.15, -0.1) is 0 Å². The van der Waals surface area contributed by atoms with Gasteiger partial charge < -0.3 is 19.7 Å². The smallest absolute Gasteiger partial charge is 0.127 e. The molecule has 9 aromatic rings. The minimum absolute atomic E-state index is 0.0829. The average molecular weight is 757 g/mol. The lowest BCUT2D eigenvalue weighted by atomic mass is 9.69. The Kier molecular flexibility index (Phi) is 10.2. The molecule has 0 amide bonds. The summed E-state index contributed by atoms with van der Waals surface area (Å²) in [6, 6.07) is 66.7. The highest BCUT2D eigenvalue weighted by molar-refractivity contribution is 5.91. The normalized spacial score (nSPS) is 11.6. The molecule has 0 bridgehead atoms. The summed E-state index contributed by atoms with van der Waals surface area (Å²) in [7, 11) is 0. The second kappa shape index (κ2) is 16.0. The van der Waals surface area contributed by atoms with Crippen LogP contribution in [0.2, 0.25) is 0 Å². The van der Waals surface area contributed by atoms with Crippen LogP contribution in [-0.2, 0) is 5.41 Å². The number of fused-ring (bicyclic) bond motifs is 3. The molecule has 0 unspecified atom stereocenters. The standard InChI is InChI=1S/C54H44O4/c1-54(47-16-8-15-43(34-47)44-20-17-37-9-2-5-12-40(37)31-44,48-23-25-52(57-29-27-55)50(35-48)45-21-18-38-10-3-6-13-41(38)32-45)49-24-26-53(58-30-28-56)51(36-49)46-22-19-39-11-4-7-14-42(39)33-46/h2-26,31-36,55-56H,27-30H2,1H3. The number of rotatable bonds is 12. The summed E-state index contributed by atoms with van der Waals surface area (Å²) >= 11 is 0. The monoisotopic (exact) mass is 756 g/mol. The number of ether oxygens (including phenoxy) is 2. The largest absolute Gasteiger partial charge is 0.491 e. The van der Waals surface area contributed by atoms with E-state index < -0.39 is 5.41 Å². The maximum absolute atomic E-state index is 9.80. The van der Waals surface area contributed by atoms with Crippen LogP contribution in [0.3, 0.4) is 0 Å². The minimum atomic E-state index is -0.672. The zero-order chi connectivity index (χ0) is 39.5. The number of aliphatic hydroxyl groups is 2. The predicted octanol–water partition coefficient (Wildman–Crippen LogP) is 12.2. The van der Waals surface area contributed by atoms with Crippen LogP contribution in [-0.4, -0.2) is 36.6 Å².